The number of rotatable bonds is 4. The van der Waals surface area contributed by atoms with Crippen LogP contribution in [0.4, 0.5) is 0 Å². The largest absolute Gasteiger partial charge is 0.383 e. The van der Waals surface area contributed by atoms with Crippen LogP contribution >= 0.6 is 11.3 Å². The molecule has 2 rings (SSSR count). The van der Waals surface area contributed by atoms with Gasteiger partial charge in [0.05, 0.1) is 12.1 Å². The minimum Gasteiger partial charge on any atom is -0.383 e. The molecule has 0 saturated heterocycles. The highest BCUT2D eigenvalue weighted by atomic mass is 32.1. The molecule has 0 bridgehead atoms. The van der Waals surface area contributed by atoms with Gasteiger partial charge in [-0.25, -0.2) is 0 Å². The lowest BCUT2D eigenvalue weighted by Gasteiger charge is -2.46. The second-order valence-corrected chi connectivity index (χ2v) is 6.05. The van der Waals surface area contributed by atoms with Crippen LogP contribution < -0.4 is 5.73 Å². The molecule has 0 amide bonds. The molecule has 96 valence electrons. The summed E-state index contributed by atoms with van der Waals surface area (Å²) in [4.78, 5) is 4.02. The summed E-state index contributed by atoms with van der Waals surface area (Å²) in [5.41, 5.74) is 7.37. The molecular formula is C13H22N2OS. The molecule has 0 radical (unpaired) electrons. The van der Waals surface area contributed by atoms with Crippen molar-refractivity contribution in [2.45, 2.75) is 31.8 Å². The average molecular weight is 254 g/mol. The summed E-state index contributed by atoms with van der Waals surface area (Å²) in [6, 6.07) is 2.69. The zero-order chi connectivity index (χ0) is 12.5. The molecule has 2 heterocycles. The van der Waals surface area contributed by atoms with Gasteiger partial charge in [0.1, 0.15) is 0 Å². The zero-order valence-electron chi connectivity index (χ0n) is 10.9. The van der Waals surface area contributed by atoms with Crippen LogP contribution in [0.25, 0.3) is 0 Å². The Kier molecular flexibility index (Phi) is 3.88. The predicted molar refractivity (Wildman–Crippen MR) is 72.5 cm³/mol. The van der Waals surface area contributed by atoms with Gasteiger partial charge in [0.25, 0.3) is 0 Å². The lowest BCUT2D eigenvalue weighted by Crippen LogP contribution is -2.57. The van der Waals surface area contributed by atoms with E-state index < -0.39 is 0 Å². The van der Waals surface area contributed by atoms with E-state index in [4.69, 9.17) is 10.5 Å². The number of ether oxygens (including phenoxy) is 1. The van der Waals surface area contributed by atoms with Gasteiger partial charge in [-0.3, -0.25) is 4.90 Å². The second kappa shape index (κ2) is 5.06. The third kappa shape index (κ3) is 2.27. The number of nitrogens with two attached hydrogens (primary N) is 1. The molecule has 0 aliphatic carbocycles. The molecule has 0 fully saturated rings. The molecule has 1 aliphatic rings. The smallest absolute Gasteiger partial charge is 0.0656 e. The maximum Gasteiger partial charge on any atom is 0.0656 e. The maximum atomic E-state index is 5.96. The molecule has 1 aliphatic heterocycles. The summed E-state index contributed by atoms with van der Waals surface area (Å²) in [6.07, 6.45) is 1.14. The fourth-order valence-corrected chi connectivity index (χ4v) is 3.78. The zero-order valence-corrected chi connectivity index (χ0v) is 11.7. The highest BCUT2D eigenvalue weighted by Crippen LogP contribution is 2.36. The summed E-state index contributed by atoms with van der Waals surface area (Å²) in [6.45, 7) is 6.86. The van der Waals surface area contributed by atoms with Crippen LogP contribution in [0.1, 0.15) is 30.3 Å². The quantitative estimate of drug-likeness (QED) is 0.893. The average Bonchev–Trinajstić information content (AvgIpc) is 2.78. The number of thiophene rings is 1. The van der Waals surface area contributed by atoms with Crippen molar-refractivity contribution in [3.05, 3.63) is 21.9 Å². The van der Waals surface area contributed by atoms with E-state index in [1.54, 1.807) is 7.11 Å². The van der Waals surface area contributed by atoms with Crippen LogP contribution in [0, 0.1) is 0 Å². The summed E-state index contributed by atoms with van der Waals surface area (Å²) in [5.74, 6) is 0. The Labute approximate surface area is 108 Å². The van der Waals surface area contributed by atoms with E-state index in [0.29, 0.717) is 19.2 Å². The first-order valence-corrected chi connectivity index (χ1v) is 7.02. The van der Waals surface area contributed by atoms with Crippen LogP contribution in [0.15, 0.2) is 11.4 Å². The van der Waals surface area contributed by atoms with Crippen molar-refractivity contribution in [1.29, 1.82) is 0 Å². The van der Waals surface area contributed by atoms with Crippen molar-refractivity contribution in [3.8, 4) is 0 Å². The Balaban J connectivity index is 2.24. The number of hydrogen-bond acceptors (Lipinski definition) is 4. The van der Waals surface area contributed by atoms with Crippen molar-refractivity contribution in [2.75, 3.05) is 26.8 Å². The van der Waals surface area contributed by atoms with Gasteiger partial charge in [0, 0.05) is 31.1 Å². The van der Waals surface area contributed by atoms with Gasteiger partial charge in [-0.1, -0.05) is 0 Å². The molecule has 1 aromatic heterocycles. The molecule has 0 spiro atoms. The first kappa shape index (κ1) is 13.0. The Hall–Kier alpha value is -0.420. The molecular weight excluding hydrogens is 232 g/mol. The Morgan fingerprint density at radius 1 is 1.65 bits per heavy atom. The third-order valence-electron chi connectivity index (χ3n) is 3.87. The molecule has 0 saturated carbocycles. The van der Waals surface area contributed by atoms with E-state index in [1.165, 1.54) is 10.4 Å². The molecule has 1 aromatic rings. The fourth-order valence-electron chi connectivity index (χ4n) is 2.82. The van der Waals surface area contributed by atoms with Gasteiger partial charge >= 0.3 is 0 Å². The lowest BCUT2D eigenvalue weighted by molar-refractivity contribution is -0.00104. The second-order valence-electron chi connectivity index (χ2n) is 5.05. The van der Waals surface area contributed by atoms with Gasteiger partial charge < -0.3 is 10.5 Å². The first-order valence-electron chi connectivity index (χ1n) is 6.14. The molecule has 0 aromatic carbocycles. The van der Waals surface area contributed by atoms with E-state index in [2.05, 4.69) is 30.2 Å². The van der Waals surface area contributed by atoms with E-state index in [0.717, 1.165) is 13.0 Å². The molecule has 2 N–H and O–H groups in total. The van der Waals surface area contributed by atoms with Gasteiger partial charge in [0.15, 0.2) is 0 Å². The minimum atomic E-state index is -0.0617. The van der Waals surface area contributed by atoms with E-state index in [-0.39, 0.29) is 5.54 Å². The van der Waals surface area contributed by atoms with Gasteiger partial charge in [-0.2, -0.15) is 0 Å². The van der Waals surface area contributed by atoms with Gasteiger partial charge in [-0.05, 0) is 37.3 Å². The molecule has 3 nitrogen and oxygen atoms in total. The fraction of sp³-hybridized carbons (Fsp3) is 0.692. The maximum absolute atomic E-state index is 5.96. The van der Waals surface area contributed by atoms with E-state index in [9.17, 15) is 0 Å². The Morgan fingerprint density at radius 2 is 2.41 bits per heavy atom. The summed E-state index contributed by atoms with van der Waals surface area (Å²) in [7, 11) is 1.75. The first-order chi connectivity index (χ1) is 8.12. The number of fused-ring (bicyclic) bond motifs is 1. The van der Waals surface area contributed by atoms with Crippen LogP contribution in [-0.2, 0) is 11.2 Å². The van der Waals surface area contributed by atoms with Crippen LogP contribution in [0.5, 0.6) is 0 Å². The summed E-state index contributed by atoms with van der Waals surface area (Å²) >= 11 is 1.87. The van der Waals surface area contributed by atoms with E-state index >= 15 is 0 Å². The lowest BCUT2D eigenvalue weighted by atomic mass is 9.92. The van der Waals surface area contributed by atoms with Crippen LogP contribution in [0.2, 0.25) is 0 Å². The molecule has 17 heavy (non-hydrogen) atoms. The molecule has 4 heteroatoms. The SMILES string of the molecule is COCC(C)(CN)N1CCc2sccc2C1C. The highest BCUT2D eigenvalue weighted by Gasteiger charge is 2.37. The van der Waals surface area contributed by atoms with Crippen LogP contribution in [0.3, 0.4) is 0 Å². The van der Waals surface area contributed by atoms with Crippen molar-refractivity contribution in [3.63, 3.8) is 0 Å². The Bertz CT molecular complexity index is 379. The summed E-state index contributed by atoms with van der Waals surface area (Å²) < 4.78 is 5.35. The summed E-state index contributed by atoms with van der Waals surface area (Å²) in [5, 5.41) is 2.20. The van der Waals surface area contributed by atoms with Gasteiger partial charge in [-0.15, -0.1) is 11.3 Å². The minimum absolute atomic E-state index is 0.0617. The van der Waals surface area contributed by atoms with Crippen molar-refractivity contribution >= 4 is 11.3 Å². The standard InChI is InChI=1S/C13H22N2OS/c1-10-11-5-7-17-12(11)4-6-15(10)13(2,8-14)9-16-3/h5,7,10H,4,6,8-9,14H2,1-3H3. The number of hydrogen-bond donors (Lipinski definition) is 1. The van der Waals surface area contributed by atoms with E-state index in [1.807, 2.05) is 11.3 Å². The van der Waals surface area contributed by atoms with Crippen LogP contribution in [-0.4, -0.2) is 37.2 Å². The number of nitrogens with zero attached hydrogens (tertiary/aromatic N) is 1. The number of methoxy groups -OCH3 is 1. The van der Waals surface area contributed by atoms with Crippen molar-refractivity contribution in [1.82, 2.24) is 4.90 Å². The highest BCUT2D eigenvalue weighted by molar-refractivity contribution is 7.10. The van der Waals surface area contributed by atoms with Crippen molar-refractivity contribution in [2.24, 2.45) is 5.73 Å². The normalized spacial score (nSPS) is 24.4. The molecule has 2 atom stereocenters. The van der Waals surface area contributed by atoms with Gasteiger partial charge in [0.2, 0.25) is 0 Å². The van der Waals surface area contributed by atoms with Crippen molar-refractivity contribution < 1.29 is 4.74 Å². The molecule has 2 unspecified atom stereocenters. The predicted octanol–water partition coefficient (Wildman–Crippen LogP) is 2.03. The third-order valence-corrected chi connectivity index (χ3v) is 4.86. The monoisotopic (exact) mass is 254 g/mol. The topological polar surface area (TPSA) is 38.5 Å². The Morgan fingerprint density at radius 3 is 3.06 bits per heavy atom.